The normalized spacial score (nSPS) is 28.4. The first kappa shape index (κ1) is 19.0. The lowest BCUT2D eigenvalue weighted by atomic mass is 9.97. The van der Waals surface area contributed by atoms with Crippen molar-refractivity contribution in [1.29, 1.82) is 0 Å². The van der Waals surface area contributed by atoms with E-state index in [2.05, 4.69) is 15.5 Å². The van der Waals surface area contributed by atoms with Gasteiger partial charge in [0.15, 0.2) is 0 Å². The van der Waals surface area contributed by atoms with E-state index >= 15 is 0 Å². The quantitative estimate of drug-likeness (QED) is 0.609. The Labute approximate surface area is 163 Å². The molecular weight excluding hydrogens is 360 g/mol. The van der Waals surface area contributed by atoms with E-state index in [4.69, 9.17) is 0 Å². The molecule has 8 nitrogen and oxygen atoms in total. The highest BCUT2D eigenvalue weighted by Crippen LogP contribution is 2.29. The summed E-state index contributed by atoms with van der Waals surface area (Å²) in [7, 11) is 0. The summed E-state index contributed by atoms with van der Waals surface area (Å²) in [5.41, 5.74) is 2.30. The van der Waals surface area contributed by atoms with Gasteiger partial charge in [-0.25, -0.2) is 0 Å². The predicted octanol–water partition coefficient (Wildman–Crippen LogP) is -0.396. The van der Waals surface area contributed by atoms with Crippen molar-refractivity contribution < 1.29 is 19.5 Å². The second-order valence-corrected chi connectivity index (χ2v) is 8.14. The first-order valence-corrected chi connectivity index (χ1v) is 9.74. The van der Waals surface area contributed by atoms with Gasteiger partial charge in [0.1, 0.15) is 6.04 Å². The number of benzene rings is 1. The third kappa shape index (κ3) is 3.32. The fourth-order valence-corrected chi connectivity index (χ4v) is 4.33. The van der Waals surface area contributed by atoms with Crippen LogP contribution < -0.4 is 10.6 Å². The molecule has 1 aromatic rings. The Kier molecular flexibility index (Phi) is 4.95. The predicted molar refractivity (Wildman–Crippen MR) is 101 cm³/mol. The van der Waals surface area contributed by atoms with Crippen LogP contribution in [0.3, 0.4) is 0 Å². The number of hydrogen-bond acceptors (Lipinski definition) is 6. The minimum atomic E-state index is -0.591. The Morgan fingerprint density at radius 3 is 2.86 bits per heavy atom. The van der Waals surface area contributed by atoms with Crippen molar-refractivity contribution in [3.05, 3.63) is 34.9 Å². The molecule has 3 aliphatic heterocycles. The van der Waals surface area contributed by atoms with Crippen LogP contribution >= 0.6 is 0 Å². The molecule has 2 atom stereocenters. The van der Waals surface area contributed by atoms with Crippen LogP contribution in [0.5, 0.6) is 0 Å². The van der Waals surface area contributed by atoms with Crippen molar-refractivity contribution in [1.82, 2.24) is 20.4 Å². The smallest absolute Gasteiger partial charge is 0.255 e. The summed E-state index contributed by atoms with van der Waals surface area (Å²) < 4.78 is 0. The minimum Gasteiger partial charge on any atom is -0.394 e. The molecule has 4 rings (SSSR count). The van der Waals surface area contributed by atoms with E-state index < -0.39 is 11.9 Å². The number of carbonyl (C=O) groups excluding carboxylic acids is 3. The largest absolute Gasteiger partial charge is 0.394 e. The summed E-state index contributed by atoms with van der Waals surface area (Å²) in [6, 6.07) is 5.22. The molecule has 0 saturated carbocycles. The molecule has 0 radical (unpaired) electrons. The van der Waals surface area contributed by atoms with Crippen LogP contribution in [0, 0.1) is 0 Å². The molecule has 2 fully saturated rings. The first-order valence-electron chi connectivity index (χ1n) is 9.74. The Morgan fingerprint density at radius 1 is 1.29 bits per heavy atom. The lowest BCUT2D eigenvalue weighted by Gasteiger charge is -2.44. The molecule has 3 amide bonds. The maximum Gasteiger partial charge on any atom is 0.255 e. The zero-order valence-electron chi connectivity index (χ0n) is 16.0. The van der Waals surface area contributed by atoms with Gasteiger partial charge in [-0.3, -0.25) is 24.6 Å². The molecule has 3 N–H and O–H groups in total. The van der Waals surface area contributed by atoms with Crippen LogP contribution in [-0.4, -0.2) is 70.4 Å². The fraction of sp³-hybridized carbons (Fsp3) is 0.550. The highest BCUT2D eigenvalue weighted by molar-refractivity contribution is 6.05. The van der Waals surface area contributed by atoms with Crippen LogP contribution in [0.2, 0.25) is 0 Å². The van der Waals surface area contributed by atoms with E-state index in [1.54, 1.807) is 4.90 Å². The molecule has 1 aromatic carbocycles. The monoisotopic (exact) mass is 386 g/mol. The average molecular weight is 386 g/mol. The standard InChI is InChI=1S/C20H26N4O4/c1-20(12-25)11-21-6-7-23(20)9-13-2-3-15-14(8-13)10-24(19(15)28)16-4-5-17(26)22-18(16)27/h2-3,8,16,21,25H,4-7,9-12H2,1H3,(H,22,26,27). The zero-order chi connectivity index (χ0) is 19.9. The summed E-state index contributed by atoms with van der Waals surface area (Å²) in [5.74, 6) is -0.828. The summed E-state index contributed by atoms with van der Waals surface area (Å²) in [4.78, 5) is 40.2. The lowest BCUT2D eigenvalue weighted by molar-refractivity contribution is -0.136. The van der Waals surface area contributed by atoms with Gasteiger partial charge in [0.25, 0.3) is 5.91 Å². The Bertz CT molecular complexity index is 826. The molecule has 0 spiro atoms. The van der Waals surface area contributed by atoms with Crippen LogP contribution in [0.15, 0.2) is 18.2 Å². The van der Waals surface area contributed by atoms with Gasteiger partial charge in [-0.05, 0) is 30.5 Å². The van der Waals surface area contributed by atoms with Crippen molar-refractivity contribution in [2.75, 3.05) is 26.2 Å². The number of aliphatic hydroxyl groups excluding tert-OH is 1. The summed E-state index contributed by atoms with van der Waals surface area (Å²) >= 11 is 0. The maximum absolute atomic E-state index is 12.8. The van der Waals surface area contributed by atoms with E-state index in [0.717, 1.165) is 30.8 Å². The number of fused-ring (bicyclic) bond motifs is 1. The summed E-state index contributed by atoms with van der Waals surface area (Å²) in [6.45, 7) is 5.65. The highest BCUT2D eigenvalue weighted by atomic mass is 16.3. The fourth-order valence-electron chi connectivity index (χ4n) is 4.33. The number of piperazine rings is 1. The van der Waals surface area contributed by atoms with Gasteiger partial charge in [0.2, 0.25) is 11.8 Å². The van der Waals surface area contributed by atoms with E-state index in [9.17, 15) is 19.5 Å². The van der Waals surface area contributed by atoms with Crippen LogP contribution in [0.1, 0.15) is 41.3 Å². The zero-order valence-corrected chi connectivity index (χ0v) is 16.0. The Balaban J connectivity index is 1.51. The van der Waals surface area contributed by atoms with Crippen molar-refractivity contribution in [3.8, 4) is 0 Å². The molecule has 0 aliphatic carbocycles. The number of rotatable bonds is 4. The molecule has 2 saturated heterocycles. The maximum atomic E-state index is 12.8. The molecule has 2 unspecified atom stereocenters. The van der Waals surface area contributed by atoms with E-state index in [0.29, 0.717) is 25.1 Å². The third-order valence-corrected chi connectivity index (χ3v) is 6.13. The summed E-state index contributed by atoms with van der Waals surface area (Å²) in [6.07, 6.45) is 0.622. The number of amides is 3. The molecule has 3 aliphatic rings. The van der Waals surface area contributed by atoms with Gasteiger partial charge in [0, 0.05) is 44.7 Å². The van der Waals surface area contributed by atoms with Gasteiger partial charge in [-0.2, -0.15) is 0 Å². The van der Waals surface area contributed by atoms with Gasteiger partial charge < -0.3 is 15.3 Å². The number of hydrogen-bond donors (Lipinski definition) is 3. The molecular formula is C20H26N4O4. The van der Waals surface area contributed by atoms with Crippen molar-refractivity contribution in [2.24, 2.45) is 0 Å². The van der Waals surface area contributed by atoms with Crippen molar-refractivity contribution in [3.63, 3.8) is 0 Å². The van der Waals surface area contributed by atoms with E-state index in [1.807, 2.05) is 25.1 Å². The average Bonchev–Trinajstić information content (AvgIpc) is 2.99. The Hall–Kier alpha value is -2.29. The van der Waals surface area contributed by atoms with Crippen LogP contribution in [0.4, 0.5) is 0 Å². The van der Waals surface area contributed by atoms with Crippen LogP contribution in [0.25, 0.3) is 0 Å². The number of carbonyl (C=O) groups is 3. The first-order chi connectivity index (χ1) is 13.4. The topological polar surface area (TPSA) is 102 Å². The van der Waals surface area contributed by atoms with Gasteiger partial charge >= 0.3 is 0 Å². The minimum absolute atomic E-state index is 0.0761. The number of aliphatic hydroxyl groups is 1. The SMILES string of the molecule is CC1(CO)CNCCN1Cc1ccc2c(c1)CN(C1CCC(=O)NC1=O)C2=O. The van der Waals surface area contributed by atoms with Gasteiger partial charge in [-0.1, -0.05) is 12.1 Å². The molecule has 0 aromatic heterocycles. The molecule has 0 bridgehead atoms. The van der Waals surface area contributed by atoms with Gasteiger partial charge in [0.05, 0.1) is 12.1 Å². The third-order valence-electron chi connectivity index (χ3n) is 6.13. The van der Waals surface area contributed by atoms with E-state index in [1.165, 1.54) is 0 Å². The highest BCUT2D eigenvalue weighted by Gasteiger charge is 2.39. The second-order valence-electron chi connectivity index (χ2n) is 8.14. The number of imide groups is 1. The molecule has 8 heteroatoms. The number of nitrogens with zero attached hydrogens (tertiary/aromatic N) is 2. The summed E-state index contributed by atoms with van der Waals surface area (Å²) in [5, 5.41) is 15.5. The van der Waals surface area contributed by atoms with Gasteiger partial charge in [-0.15, -0.1) is 0 Å². The molecule has 28 heavy (non-hydrogen) atoms. The van der Waals surface area contributed by atoms with Crippen LogP contribution in [-0.2, 0) is 22.7 Å². The lowest BCUT2D eigenvalue weighted by Crippen LogP contribution is -2.61. The molecule has 150 valence electrons. The Morgan fingerprint density at radius 2 is 2.11 bits per heavy atom. The number of nitrogens with one attached hydrogen (secondary N) is 2. The van der Waals surface area contributed by atoms with E-state index in [-0.39, 0.29) is 30.4 Å². The second kappa shape index (κ2) is 7.27. The van der Waals surface area contributed by atoms with Crippen molar-refractivity contribution >= 4 is 17.7 Å². The molecule has 3 heterocycles. The van der Waals surface area contributed by atoms with Crippen molar-refractivity contribution in [2.45, 2.75) is 44.4 Å². The number of piperidine rings is 1.